The van der Waals surface area contributed by atoms with Gasteiger partial charge in [0, 0.05) is 38.1 Å². The van der Waals surface area contributed by atoms with Gasteiger partial charge in [-0.2, -0.15) is 5.10 Å². The molecule has 0 spiro atoms. The Morgan fingerprint density at radius 2 is 2.18 bits per heavy atom. The maximum atomic E-state index is 12.7. The normalized spacial score (nSPS) is 26.1. The summed E-state index contributed by atoms with van der Waals surface area (Å²) in [5, 5.41) is 14.4. The fourth-order valence-corrected chi connectivity index (χ4v) is 3.52. The minimum atomic E-state index is -0.209. The molecule has 3 heterocycles. The van der Waals surface area contributed by atoms with Crippen LogP contribution < -0.4 is 0 Å². The molecule has 0 saturated carbocycles. The number of carbonyl (C=O) groups excluding carboxylic acids is 1. The molecule has 2 aliphatic heterocycles. The molecule has 1 fully saturated rings. The first-order valence-corrected chi connectivity index (χ1v) is 8.15. The molecule has 122 valence electrons. The smallest absolute Gasteiger partial charge is 0.275 e. The monoisotopic (exact) mass is 326 g/mol. The fourth-order valence-electron chi connectivity index (χ4n) is 3.25. The SMILES string of the molecule is CN1CCCn2nc(C(=O)N3CCC(C)(CO)C3)c(Cl)c2C1. The van der Waals surface area contributed by atoms with Gasteiger partial charge in [-0.25, -0.2) is 0 Å². The maximum Gasteiger partial charge on any atom is 0.275 e. The van der Waals surface area contributed by atoms with Crippen LogP contribution in [0.25, 0.3) is 0 Å². The summed E-state index contributed by atoms with van der Waals surface area (Å²) >= 11 is 6.45. The topological polar surface area (TPSA) is 61.6 Å². The predicted molar refractivity (Wildman–Crippen MR) is 83.9 cm³/mol. The van der Waals surface area contributed by atoms with E-state index in [1.807, 2.05) is 18.7 Å². The van der Waals surface area contributed by atoms with E-state index in [1.165, 1.54) is 0 Å². The summed E-state index contributed by atoms with van der Waals surface area (Å²) in [6.45, 7) is 5.81. The second-order valence-electron chi connectivity index (χ2n) is 6.87. The Labute approximate surface area is 135 Å². The van der Waals surface area contributed by atoms with Gasteiger partial charge in [0.15, 0.2) is 5.69 Å². The lowest BCUT2D eigenvalue weighted by atomic mass is 9.91. The Kier molecular flexibility index (Phi) is 4.18. The van der Waals surface area contributed by atoms with Gasteiger partial charge in [-0.3, -0.25) is 9.48 Å². The molecule has 1 saturated heterocycles. The summed E-state index contributed by atoms with van der Waals surface area (Å²) in [4.78, 5) is 16.7. The number of carbonyl (C=O) groups is 1. The molecule has 0 radical (unpaired) electrons. The highest BCUT2D eigenvalue weighted by atomic mass is 35.5. The molecule has 1 unspecified atom stereocenters. The average molecular weight is 327 g/mol. The molecule has 1 N–H and O–H groups in total. The van der Waals surface area contributed by atoms with E-state index < -0.39 is 0 Å². The average Bonchev–Trinajstić information content (AvgIpc) is 2.96. The molecule has 0 aliphatic carbocycles. The van der Waals surface area contributed by atoms with Crippen LogP contribution in [0.4, 0.5) is 0 Å². The Balaban J connectivity index is 1.84. The molecular formula is C15H23ClN4O2. The highest BCUT2D eigenvalue weighted by Gasteiger charge is 2.37. The van der Waals surface area contributed by atoms with Crippen LogP contribution >= 0.6 is 11.6 Å². The van der Waals surface area contributed by atoms with Gasteiger partial charge in [-0.1, -0.05) is 18.5 Å². The van der Waals surface area contributed by atoms with E-state index in [0.29, 0.717) is 30.4 Å². The first-order valence-electron chi connectivity index (χ1n) is 7.77. The zero-order valence-corrected chi connectivity index (χ0v) is 13.9. The first kappa shape index (κ1) is 15.8. The molecule has 1 atom stereocenters. The summed E-state index contributed by atoms with van der Waals surface area (Å²) in [7, 11) is 2.05. The zero-order valence-electron chi connectivity index (χ0n) is 13.2. The number of halogens is 1. The minimum Gasteiger partial charge on any atom is -0.396 e. The van der Waals surface area contributed by atoms with Crippen molar-refractivity contribution >= 4 is 17.5 Å². The number of fused-ring (bicyclic) bond motifs is 1. The van der Waals surface area contributed by atoms with E-state index in [9.17, 15) is 9.90 Å². The van der Waals surface area contributed by atoms with E-state index in [2.05, 4.69) is 10.00 Å². The molecule has 0 aromatic carbocycles. The lowest BCUT2D eigenvalue weighted by Gasteiger charge is -2.21. The number of nitrogens with zero attached hydrogens (tertiary/aromatic N) is 4. The number of hydrogen-bond acceptors (Lipinski definition) is 4. The number of likely N-dealkylation sites (tertiary alicyclic amines) is 1. The highest BCUT2D eigenvalue weighted by molar-refractivity contribution is 6.34. The van der Waals surface area contributed by atoms with Crippen LogP contribution in [-0.4, -0.2) is 63.9 Å². The molecule has 1 aromatic rings. The van der Waals surface area contributed by atoms with Crippen LogP contribution in [0, 0.1) is 5.41 Å². The van der Waals surface area contributed by atoms with Crippen molar-refractivity contribution < 1.29 is 9.90 Å². The van der Waals surface area contributed by atoms with E-state index in [4.69, 9.17) is 11.6 Å². The third-order valence-electron chi connectivity index (χ3n) is 4.75. The van der Waals surface area contributed by atoms with Crippen molar-refractivity contribution in [1.82, 2.24) is 19.6 Å². The number of aromatic nitrogens is 2. The molecule has 0 bridgehead atoms. The van der Waals surface area contributed by atoms with Gasteiger partial charge in [0.2, 0.25) is 0 Å². The Morgan fingerprint density at radius 1 is 1.41 bits per heavy atom. The zero-order chi connectivity index (χ0) is 15.9. The standard InChI is InChI=1S/C15H23ClN4O2/c1-15(10-21)4-7-19(9-15)14(22)13-12(16)11-8-18(2)5-3-6-20(11)17-13/h21H,3-10H2,1-2H3. The summed E-state index contributed by atoms with van der Waals surface area (Å²) in [5.41, 5.74) is 1.07. The molecule has 7 heteroatoms. The molecule has 2 aliphatic rings. The Bertz CT molecular complexity index is 588. The van der Waals surface area contributed by atoms with Gasteiger partial charge in [0.1, 0.15) is 0 Å². The summed E-state index contributed by atoms with van der Waals surface area (Å²) < 4.78 is 1.88. The maximum absolute atomic E-state index is 12.7. The minimum absolute atomic E-state index is 0.0923. The third kappa shape index (κ3) is 2.75. The largest absolute Gasteiger partial charge is 0.396 e. The van der Waals surface area contributed by atoms with Crippen LogP contribution in [-0.2, 0) is 13.1 Å². The van der Waals surface area contributed by atoms with Crippen molar-refractivity contribution in [1.29, 1.82) is 0 Å². The van der Waals surface area contributed by atoms with Crippen molar-refractivity contribution in [2.45, 2.75) is 32.9 Å². The summed E-state index contributed by atoms with van der Waals surface area (Å²) in [6.07, 6.45) is 1.81. The quantitative estimate of drug-likeness (QED) is 0.887. The second-order valence-corrected chi connectivity index (χ2v) is 7.25. The van der Waals surface area contributed by atoms with Crippen molar-refractivity contribution in [3.05, 3.63) is 16.4 Å². The van der Waals surface area contributed by atoms with E-state index in [-0.39, 0.29) is 17.9 Å². The van der Waals surface area contributed by atoms with Gasteiger partial charge in [0.05, 0.1) is 17.3 Å². The predicted octanol–water partition coefficient (Wildman–Crippen LogP) is 1.22. The van der Waals surface area contributed by atoms with Gasteiger partial charge >= 0.3 is 0 Å². The Morgan fingerprint density at radius 3 is 2.86 bits per heavy atom. The van der Waals surface area contributed by atoms with Crippen molar-refractivity contribution in [2.24, 2.45) is 5.41 Å². The van der Waals surface area contributed by atoms with Gasteiger partial charge in [-0.15, -0.1) is 0 Å². The van der Waals surface area contributed by atoms with Crippen molar-refractivity contribution in [2.75, 3.05) is 33.3 Å². The van der Waals surface area contributed by atoms with Gasteiger partial charge in [-0.05, 0) is 19.9 Å². The third-order valence-corrected chi connectivity index (χ3v) is 5.15. The number of aryl methyl sites for hydroxylation is 1. The van der Waals surface area contributed by atoms with Gasteiger partial charge < -0.3 is 14.9 Å². The first-order chi connectivity index (χ1) is 10.4. The number of amides is 1. The molecule has 3 rings (SSSR count). The van der Waals surface area contributed by atoms with Gasteiger partial charge in [0.25, 0.3) is 5.91 Å². The molecule has 1 aromatic heterocycles. The van der Waals surface area contributed by atoms with E-state index in [0.717, 1.165) is 31.6 Å². The lowest BCUT2D eigenvalue weighted by Crippen LogP contribution is -2.33. The number of aliphatic hydroxyl groups is 1. The van der Waals surface area contributed by atoms with Crippen LogP contribution in [0.5, 0.6) is 0 Å². The molecular weight excluding hydrogens is 304 g/mol. The van der Waals surface area contributed by atoms with E-state index >= 15 is 0 Å². The number of aliphatic hydroxyl groups excluding tert-OH is 1. The lowest BCUT2D eigenvalue weighted by molar-refractivity contribution is 0.0746. The number of rotatable bonds is 2. The Hall–Kier alpha value is -1.11. The number of hydrogen-bond donors (Lipinski definition) is 1. The van der Waals surface area contributed by atoms with Crippen LogP contribution in [0.1, 0.15) is 35.9 Å². The van der Waals surface area contributed by atoms with Crippen LogP contribution in [0.15, 0.2) is 0 Å². The molecule has 6 nitrogen and oxygen atoms in total. The van der Waals surface area contributed by atoms with Crippen molar-refractivity contribution in [3.63, 3.8) is 0 Å². The molecule has 22 heavy (non-hydrogen) atoms. The molecule has 1 amide bonds. The summed E-state index contributed by atoms with van der Waals surface area (Å²) in [6, 6.07) is 0. The van der Waals surface area contributed by atoms with Crippen LogP contribution in [0.2, 0.25) is 5.02 Å². The second kappa shape index (κ2) is 5.83. The van der Waals surface area contributed by atoms with E-state index in [1.54, 1.807) is 4.90 Å². The fraction of sp³-hybridized carbons (Fsp3) is 0.733. The van der Waals surface area contributed by atoms with Crippen LogP contribution in [0.3, 0.4) is 0 Å². The summed E-state index contributed by atoms with van der Waals surface area (Å²) in [5.74, 6) is -0.120. The van der Waals surface area contributed by atoms with Crippen molar-refractivity contribution in [3.8, 4) is 0 Å². The highest BCUT2D eigenvalue weighted by Crippen LogP contribution is 2.32.